The number of amides is 1. The van der Waals surface area contributed by atoms with Crippen LogP contribution in [0.25, 0.3) is 0 Å². The summed E-state index contributed by atoms with van der Waals surface area (Å²) in [4.78, 5) is 23.7. The number of hydrogen-bond acceptors (Lipinski definition) is 5. The molecule has 3 heterocycles. The Morgan fingerprint density at radius 1 is 1.50 bits per heavy atom. The molecule has 1 aliphatic rings. The normalized spacial score (nSPS) is 18.9. The number of nitrogens with zero attached hydrogens (tertiary/aromatic N) is 4. The van der Waals surface area contributed by atoms with Gasteiger partial charge < -0.3 is 14.8 Å². The van der Waals surface area contributed by atoms with Crippen molar-refractivity contribution in [1.29, 1.82) is 0 Å². The molecule has 0 aromatic carbocycles. The molecular formula is C15H21N5OS. The molecule has 7 heteroatoms. The minimum Gasteiger partial charge on any atom is -0.336 e. The molecule has 0 bridgehead atoms. The summed E-state index contributed by atoms with van der Waals surface area (Å²) in [6.45, 7) is 6.37. The summed E-state index contributed by atoms with van der Waals surface area (Å²) in [5.41, 5.74) is 0.551. The first-order valence-corrected chi connectivity index (χ1v) is 8.40. The summed E-state index contributed by atoms with van der Waals surface area (Å²) in [6, 6.07) is -0.0505. The fraction of sp³-hybridized carbons (Fsp3) is 0.533. The van der Waals surface area contributed by atoms with E-state index in [2.05, 4.69) is 29.1 Å². The molecule has 0 spiro atoms. The zero-order chi connectivity index (χ0) is 15.7. The molecule has 1 amide bonds. The standard InChI is InChI=1S/C15H21N5OS/c1-10(2)14-18-11(9-22-14)15(21)20-7-4-16-8-12(20)13-17-5-6-19(13)3/h5-6,9-10,12,16H,4,7-8H2,1-3H3. The van der Waals surface area contributed by atoms with Crippen molar-refractivity contribution in [3.8, 4) is 0 Å². The molecule has 1 unspecified atom stereocenters. The molecule has 1 atom stereocenters. The number of hydrogen-bond donors (Lipinski definition) is 1. The predicted molar refractivity (Wildman–Crippen MR) is 86.1 cm³/mol. The largest absolute Gasteiger partial charge is 0.336 e. The molecule has 0 aliphatic carbocycles. The summed E-state index contributed by atoms with van der Waals surface area (Å²) in [5, 5.41) is 6.22. The lowest BCUT2D eigenvalue weighted by molar-refractivity contribution is 0.0615. The Morgan fingerprint density at radius 3 is 2.95 bits per heavy atom. The second-order valence-corrected chi connectivity index (χ2v) is 6.73. The third-order valence-electron chi connectivity index (χ3n) is 3.90. The zero-order valence-electron chi connectivity index (χ0n) is 13.1. The highest BCUT2D eigenvalue weighted by molar-refractivity contribution is 7.09. The van der Waals surface area contributed by atoms with E-state index in [0.717, 1.165) is 23.9 Å². The van der Waals surface area contributed by atoms with Gasteiger partial charge >= 0.3 is 0 Å². The van der Waals surface area contributed by atoms with Gasteiger partial charge in [-0.1, -0.05) is 13.8 Å². The van der Waals surface area contributed by atoms with E-state index < -0.39 is 0 Å². The second kappa shape index (κ2) is 6.18. The maximum absolute atomic E-state index is 12.9. The Balaban J connectivity index is 1.86. The van der Waals surface area contributed by atoms with Crippen LogP contribution in [0.1, 0.15) is 47.1 Å². The van der Waals surface area contributed by atoms with Gasteiger partial charge in [-0.15, -0.1) is 11.3 Å². The third-order valence-corrected chi connectivity index (χ3v) is 5.04. The van der Waals surface area contributed by atoms with E-state index in [-0.39, 0.29) is 11.9 Å². The fourth-order valence-corrected chi connectivity index (χ4v) is 3.48. The third kappa shape index (κ3) is 2.78. The van der Waals surface area contributed by atoms with Gasteiger partial charge in [0, 0.05) is 50.4 Å². The molecule has 2 aromatic heterocycles. The smallest absolute Gasteiger partial charge is 0.274 e. The number of thiazole rings is 1. The molecule has 6 nitrogen and oxygen atoms in total. The van der Waals surface area contributed by atoms with Gasteiger partial charge in [0.25, 0.3) is 5.91 Å². The minimum atomic E-state index is -0.0505. The van der Waals surface area contributed by atoms with E-state index in [1.807, 2.05) is 28.1 Å². The highest BCUT2D eigenvalue weighted by atomic mass is 32.1. The molecule has 2 aromatic rings. The number of rotatable bonds is 3. The van der Waals surface area contributed by atoms with Gasteiger partial charge in [0.05, 0.1) is 5.01 Å². The second-order valence-electron chi connectivity index (χ2n) is 5.84. The van der Waals surface area contributed by atoms with Crippen molar-refractivity contribution in [2.75, 3.05) is 19.6 Å². The first kappa shape index (κ1) is 15.2. The number of carbonyl (C=O) groups excluding carboxylic acids is 1. The van der Waals surface area contributed by atoms with Crippen molar-refractivity contribution in [2.24, 2.45) is 7.05 Å². The lowest BCUT2D eigenvalue weighted by atomic mass is 10.1. The highest BCUT2D eigenvalue weighted by Gasteiger charge is 2.32. The Bertz CT molecular complexity index is 662. The average Bonchev–Trinajstić information content (AvgIpc) is 3.15. The molecule has 118 valence electrons. The van der Waals surface area contributed by atoms with Crippen LogP contribution in [0, 0.1) is 0 Å². The van der Waals surface area contributed by atoms with Gasteiger partial charge in [-0.2, -0.15) is 0 Å². The average molecular weight is 319 g/mol. The van der Waals surface area contributed by atoms with Gasteiger partial charge in [0.1, 0.15) is 17.6 Å². The highest BCUT2D eigenvalue weighted by Crippen LogP contribution is 2.25. The van der Waals surface area contributed by atoms with Crippen LogP contribution in [0.5, 0.6) is 0 Å². The van der Waals surface area contributed by atoms with E-state index in [1.165, 1.54) is 0 Å². The lowest BCUT2D eigenvalue weighted by Crippen LogP contribution is -2.49. The first-order valence-electron chi connectivity index (χ1n) is 7.52. The van der Waals surface area contributed by atoms with Crippen molar-refractivity contribution >= 4 is 17.2 Å². The SMILES string of the molecule is CC(C)c1nc(C(=O)N2CCNCC2c2nccn2C)cs1. The number of piperazine rings is 1. The van der Waals surface area contributed by atoms with Crippen LogP contribution in [0.2, 0.25) is 0 Å². The number of nitrogens with one attached hydrogen (secondary N) is 1. The van der Waals surface area contributed by atoms with Gasteiger partial charge in [-0.05, 0) is 0 Å². The van der Waals surface area contributed by atoms with Gasteiger partial charge in [0.15, 0.2) is 0 Å². The van der Waals surface area contributed by atoms with Crippen LogP contribution in [0.3, 0.4) is 0 Å². The topological polar surface area (TPSA) is 63.1 Å². The van der Waals surface area contributed by atoms with Crippen LogP contribution in [0.4, 0.5) is 0 Å². The monoisotopic (exact) mass is 319 g/mol. The van der Waals surface area contributed by atoms with Crippen molar-refractivity contribution < 1.29 is 4.79 Å². The fourth-order valence-electron chi connectivity index (χ4n) is 2.67. The molecule has 3 rings (SSSR count). The molecule has 1 aliphatic heterocycles. The quantitative estimate of drug-likeness (QED) is 0.937. The van der Waals surface area contributed by atoms with Crippen molar-refractivity contribution in [1.82, 2.24) is 24.8 Å². The van der Waals surface area contributed by atoms with Gasteiger partial charge in [0.2, 0.25) is 0 Å². The maximum Gasteiger partial charge on any atom is 0.274 e. The number of carbonyl (C=O) groups is 1. The zero-order valence-corrected chi connectivity index (χ0v) is 13.9. The van der Waals surface area contributed by atoms with Gasteiger partial charge in [-0.3, -0.25) is 4.79 Å². The van der Waals surface area contributed by atoms with E-state index in [4.69, 9.17) is 0 Å². The Hall–Kier alpha value is -1.73. The Labute approximate surface area is 134 Å². The predicted octanol–water partition coefficient (Wildman–Crippen LogP) is 1.79. The van der Waals surface area contributed by atoms with E-state index in [9.17, 15) is 4.79 Å². The molecule has 1 N–H and O–H groups in total. The summed E-state index contributed by atoms with van der Waals surface area (Å²) < 4.78 is 1.97. The molecule has 1 saturated heterocycles. The molecule has 0 radical (unpaired) electrons. The molecule has 22 heavy (non-hydrogen) atoms. The molecule has 1 fully saturated rings. The summed E-state index contributed by atoms with van der Waals surface area (Å²) >= 11 is 1.56. The number of aromatic nitrogens is 3. The van der Waals surface area contributed by atoms with Crippen LogP contribution in [0.15, 0.2) is 17.8 Å². The van der Waals surface area contributed by atoms with Crippen LogP contribution < -0.4 is 5.32 Å². The summed E-state index contributed by atoms with van der Waals surface area (Å²) in [7, 11) is 1.96. The Morgan fingerprint density at radius 2 is 2.32 bits per heavy atom. The minimum absolute atomic E-state index is 0.00218. The first-order chi connectivity index (χ1) is 10.6. The molecule has 0 saturated carbocycles. The Kier molecular flexibility index (Phi) is 4.26. The van der Waals surface area contributed by atoms with Crippen molar-refractivity contribution in [2.45, 2.75) is 25.8 Å². The summed E-state index contributed by atoms with van der Waals surface area (Å²) in [6.07, 6.45) is 3.68. The summed E-state index contributed by atoms with van der Waals surface area (Å²) in [5.74, 6) is 1.25. The van der Waals surface area contributed by atoms with Crippen molar-refractivity contribution in [3.63, 3.8) is 0 Å². The molecular weight excluding hydrogens is 298 g/mol. The van der Waals surface area contributed by atoms with E-state index in [0.29, 0.717) is 18.2 Å². The number of imidazole rings is 1. The number of aryl methyl sites for hydroxylation is 1. The maximum atomic E-state index is 12.9. The lowest BCUT2D eigenvalue weighted by Gasteiger charge is -2.35. The van der Waals surface area contributed by atoms with Crippen molar-refractivity contribution in [3.05, 3.63) is 34.3 Å². The van der Waals surface area contributed by atoms with Gasteiger partial charge in [-0.25, -0.2) is 9.97 Å². The van der Waals surface area contributed by atoms with Crippen LogP contribution in [-0.4, -0.2) is 45.0 Å². The van der Waals surface area contributed by atoms with Crippen LogP contribution in [-0.2, 0) is 7.05 Å². The van der Waals surface area contributed by atoms with E-state index >= 15 is 0 Å². The van der Waals surface area contributed by atoms with Crippen LogP contribution >= 0.6 is 11.3 Å². The van der Waals surface area contributed by atoms with E-state index in [1.54, 1.807) is 17.5 Å².